The Bertz CT molecular complexity index is 762. The Morgan fingerprint density at radius 1 is 1.25 bits per heavy atom. The number of nitrogens with one attached hydrogen (secondary N) is 1. The second-order valence-electron chi connectivity index (χ2n) is 4.69. The van der Waals surface area contributed by atoms with Gasteiger partial charge in [0.25, 0.3) is 5.91 Å². The number of hydrogen-bond donors (Lipinski definition) is 1. The quantitative estimate of drug-likeness (QED) is 0.683. The minimum Gasteiger partial charge on any atom is -0.494 e. The van der Waals surface area contributed by atoms with Gasteiger partial charge in [0.15, 0.2) is 0 Å². The molecule has 0 aliphatic rings. The fraction of sp³-hybridized carbons (Fsp3) is 0.200. The molecule has 0 atom stereocenters. The third-order valence-electron chi connectivity index (χ3n) is 3.11. The zero-order chi connectivity index (χ0) is 17.9. The van der Waals surface area contributed by atoms with E-state index in [0.29, 0.717) is 18.2 Å². The molecule has 1 aromatic heterocycles. The number of aromatic nitrogens is 1. The van der Waals surface area contributed by atoms with Crippen LogP contribution in [0.25, 0.3) is 0 Å². The fourth-order valence-electron chi connectivity index (χ4n) is 1.91. The first kappa shape index (κ1) is 17.6. The maximum atomic E-state index is 13.6. The van der Waals surface area contributed by atoms with E-state index >= 15 is 0 Å². The fourth-order valence-corrected chi connectivity index (χ4v) is 1.91. The first-order valence-electron chi connectivity index (χ1n) is 6.55. The van der Waals surface area contributed by atoms with Crippen molar-refractivity contribution >= 4 is 5.91 Å². The predicted octanol–water partition coefficient (Wildman–Crippen LogP) is 3.32. The number of alkyl halides is 3. The van der Waals surface area contributed by atoms with E-state index in [2.05, 4.69) is 10.3 Å². The van der Waals surface area contributed by atoms with Gasteiger partial charge in [-0.05, 0) is 18.2 Å². The summed E-state index contributed by atoms with van der Waals surface area (Å²) in [4.78, 5) is 15.3. The summed E-state index contributed by atoms with van der Waals surface area (Å²) in [5, 5.41) is 2.22. The second kappa shape index (κ2) is 6.81. The van der Waals surface area contributed by atoms with E-state index in [1.165, 1.54) is 7.11 Å². The number of benzene rings is 1. The van der Waals surface area contributed by atoms with Gasteiger partial charge in [-0.1, -0.05) is 0 Å². The molecule has 0 unspecified atom stereocenters. The Labute approximate surface area is 133 Å². The summed E-state index contributed by atoms with van der Waals surface area (Å²) in [6.07, 6.45) is -3.65. The van der Waals surface area contributed by atoms with E-state index in [1.54, 1.807) is 0 Å². The van der Waals surface area contributed by atoms with Crippen molar-refractivity contribution in [3.63, 3.8) is 0 Å². The molecule has 2 aromatic rings. The lowest BCUT2D eigenvalue weighted by Crippen LogP contribution is -2.24. The largest absolute Gasteiger partial charge is 0.494 e. The number of amides is 1. The zero-order valence-corrected chi connectivity index (χ0v) is 12.2. The highest BCUT2D eigenvalue weighted by Crippen LogP contribution is 2.30. The molecule has 0 aliphatic heterocycles. The normalized spacial score (nSPS) is 11.2. The average Bonchev–Trinajstić information content (AvgIpc) is 2.52. The van der Waals surface area contributed by atoms with Crippen LogP contribution in [0.15, 0.2) is 30.5 Å². The smallest absolute Gasteiger partial charge is 0.416 e. The number of halogens is 5. The summed E-state index contributed by atoms with van der Waals surface area (Å²) in [6, 6.07) is 2.66. The summed E-state index contributed by atoms with van der Waals surface area (Å²) >= 11 is 0. The number of rotatable bonds is 4. The Morgan fingerprint density at radius 3 is 2.58 bits per heavy atom. The van der Waals surface area contributed by atoms with Crippen molar-refractivity contribution in [1.29, 1.82) is 0 Å². The monoisotopic (exact) mass is 346 g/mol. The summed E-state index contributed by atoms with van der Waals surface area (Å²) < 4.78 is 69.5. The van der Waals surface area contributed by atoms with Crippen LogP contribution in [0.3, 0.4) is 0 Å². The molecule has 0 saturated carbocycles. The summed E-state index contributed by atoms with van der Waals surface area (Å²) in [5.74, 6) is -2.72. The SMILES string of the molecule is COc1cnc(F)cc1C(=O)NCc1cc(C(F)(F)F)ccc1F. The van der Waals surface area contributed by atoms with Crippen LogP contribution in [-0.4, -0.2) is 18.0 Å². The lowest BCUT2D eigenvalue weighted by atomic mass is 10.1. The molecule has 1 aromatic carbocycles. The molecule has 24 heavy (non-hydrogen) atoms. The summed E-state index contributed by atoms with van der Waals surface area (Å²) in [7, 11) is 1.23. The highest BCUT2D eigenvalue weighted by molar-refractivity contribution is 5.96. The minimum atomic E-state index is -4.64. The van der Waals surface area contributed by atoms with Crippen molar-refractivity contribution in [2.24, 2.45) is 0 Å². The average molecular weight is 346 g/mol. The van der Waals surface area contributed by atoms with E-state index in [-0.39, 0.29) is 16.9 Å². The van der Waals surface area contributed by atoms with Crippen LogP contribution in [0.1, 0.15) is 21.5 Å². The van der Waals surface area contributed by atoms with Gasteiger partial charge in [0.2, 0.25) is 5.95 Å². The van der Waals surface area contributed by atoms with Gasteiger partial charge in [0.1, 0.15) is 11.6 Å². The van der Waals surface area contributed by atoms with Crippen LogP contribution in [-0.2, 0) is 12.7 Å². The maximum Gasteiger partial charge on any atom is 0.416 e. The Morgan fingerprint density at radius 2 is 1.96 bits per heavy atom. The topological polar surface area (TPSA) is 51.2 Å². The molecule has 1 amide bonds. The molecule has 9 heteroatoms. The number of carbonyl (C=O) groups is 1. The molecule has 128 valence electrons. The standard InChI is InChI=1S/C15H11F5N2O2/c1-24-12-7-21-13(17)5-10(12)14(23)22-6-8-4-9(15(18,19)20)2-3-11(8)16/h2-5,7H,6H2,1H3,(H,22,23). The van der Waals surface area contributed by atoms with E-state index in [4.69, 9.17) is 4.74 Å². The lowest BCUT2D eigenvalue weighted by Gasteiger charge is -2.12. The number of pyridine rings is 1. The number of carbonyl (C=O) groups excluding carboxylic acids is 1. The molecule has 1 heterocycles. The second-order valence-corrected chi connectivity index (χ2v) is 4.69. The van der Waals surface area contributed by atoms with Crippen LogP contribution in [0.2, 0.25) is 0 Å². The molecule has 2 rings (SSSR count). The van der Waals surface area contributed by atoms with Crippen LogP contribution < -0.4 is 10.1 Å². The Hall–Kier alpha value is -2.71. The van der Waals surface area contributed by atoms with Crippen molar-refractivity contribution in [2.75, 3.05) is 7.11 Å². The van der Waals surface area contributed by atoms with Gasteiger partial charge >= 0.3 is 6.18 Å². The molecule has 0 radical (unpaired) electrons. The van der Waals surface area contributed by atoms with Crippen molar-refractivity contribution in [3.05, 3.63) is 58.9 Å². The Kier molecular flexibility index (Phi) is 5.01. The van der Waals surface area contributed by atoms with E-state index in [9.17, 15) is 26.7 Å². The van der Waals surface area contributed by atoms with Crippen molar-refractivity contribution in [1.82, 2.24) is 10.3 Å². The number of nitrogens with zero attached hydrogens (tertiary/aromatic N) is 1. The minimum absolute atomic E-state index is 0.0292. The molecule has 0 aliphatic carbocycles. The lowest BCUT2D eigenvalue weighted by molar-refractivity contribution is -0.137. The molecule has 0 spiro atoms. The van der Waals surface area contributed by atoms with E-state index < -0.39 is 36.0 Å². The molecule has 0 bridgehead atoms. The van der Waals surface area contributed by atoms with Gasteiger partial charge in [-0.25, -0.2) is 9.37 Å². The maximum absolute atomic E-state index is 13.6. The first-order valence-corrected chi connectivity index (χ1v) is 6.55. The third-order valence-corrected chi connectivity index (χ3v) is 3.11. The third kappa shape index (κ3) is 3.98. The summed E-state index contributed by atoms with van der Waals surface area (Å²) in [6.45, 7) is -0.512. The van der Waals surface area contributed by atoms with Gasteiger partial charge in [-0.15, -0.1) is 0 Å². The molecular weight excluding hydrogens is 335 g/mol. The number of methoxy groups -OCH3 is 1. The van der Waals surface area contributed by atoms with Gasteiger partial charge < -0.3 is 10.1 Å². The molecule has 0 fully saturated rings. The highest BCUT2D eigenvalue weighted by atomic mass is 19.4. The number of hydrogen-bond acceptors (Lipinski definition) is 3. The van der Waals surface area contributed by atoms with Gasteiger partial charge in [-0.3, -0.25) is 4.79 Å². The Balaban J connectivity index is 2.19. The molecule has 0 saturated heterocycles. The molecular formula is C15H11F5N2O2. The molecule has 4 nitrogen and oxygen atoms in total. The zero-order valence-electron chi connectivity index (χ0n) is 12.2. The van der Waals surface area contributed by atoms with E-state index in [0.717, 1.165) is 12.3 Å². The molecule has 1 N–H and O–H groups in total. The van der Waals surface area contributed by atoms with Crippen molar-refractivity contribution in [2.45, 2.75) is 12.7 Å². The number of ether oxygens (including phenoxy) is 1. The van der Waals surface area contributed by atoms with Gasteiger partial charge in [0, 0.05) is 18.2 Å². The van der Waals surface area contributed by atoms with Crippen molar-refractivity contribution in [3.8, 4) is 5.75 Å². The first-order chi connectivity index (χ1) is 11.2. The highest BCUT2D eigenvalue weighted by Gasteiger charge is 2.31. The van der Waals surface area contributed by atoms with Gasteiger partial charge in [0.05, 0.1) is 24.4 Å². The van der Waals surface area contributed by atoms with E-state index in [1.807, 2.05) is 0 Å². The summed E-state index contributed by atoms with van der Waals surface area (Å²) in [5.41, 5.74) is -1.61. The van der Waals surface area contributed by atoms with Gasteiger partial charge in [-0.2, -0.15) is 17.6 Å². The van der Waals surface area contributed by atoms with Crippen LogP contribution >= 0.6 is 0 Å². The predicted molar refractivity (Wildman–Crippen MR) is 73.3 cm³/mol. The van der Waals surface area contributed by atoms with Crippen molar-refractivity contribution < 1.29 is 31.5 Å². The van der Waals surface area contributed by atoms with Crippen LogP contribution in [0, 0.1) is 11.8 Å². The van der Waals surface area contributed by atoms with Crippen LogP contribution in [0.5, 0.6) is 5.75 Å². The van der Waals surface area contributed by atoms with Crippen LogP contribution in [0.4, 0.5) is 22.0 Å².